The number of thioether (sulfide) groups is 1. The number of hydrogen-bond donors (Lipinski definition) is 1. The molecular weight excluding hydrogens is 420 g/mol. The number of H-pyrrole nitrogens is 1. The molecule has 146 valence electrons. The third-order valence-electron chi connectivity index (χ3n) is 4.12. The van der Waals surface area contributed by atoms with Gasteiger partial charge in [0.2, 0.25) is 4.34 Å². The summed E-state index contributed by atoms with van der Waals surface area (Å²) in [7, 11) is -2.24. The zero-order chi connectivity index (χ0) is 19.9. The molecule has 4 rings (SSSR count). The maximum atomic E-state index is 12.8. The SMILES string of the molecule is CC(=O)OC1CN=C(c2cc3cccc(N(C)S(=O)(=O)c4nccs4)c3[nH]2)S1. The summed E-state index contributed by atoms with van der Waals surface area (Å²) >= 11 is 2.43. The highest BCUT2D eigenvalue weighted by molar-refractivity contribution is 8.15. The molecule has 2 aromatic heterocycles. The predicted octanol–water partition coefficient (Wildman–Crippen LogP) is 2.83. The van der Waals surface area contributed by atoms with E-state index in [9.17, 15) is 13.2 Å². The van der Waals surface area contributed by atoms with Gasteiger partial charge in [0, 0.05) is 30.9 Å². The molecule has 0 aliphatic carbocycles. The van der Waals surface area contributed by atoms with Crippen LogP contribution in [0.1, 0.15) is 12.6 Å². The Labute approximate surface area is 169 Å². The van der Waals surface area contributed by atoms with Gasteiger partial charge in [-0.15, -0.1) is 11.3 Å². The molecule has 28 heavy (non-hydrogen) atoms. The maximum Gasteiger partial charge on any atom is 0.303 e. The van der Waals surface area contributed by atoms with Gasteiger partial charge < -0.3 is 9.72 Å². The summed E-state index contributed by atoms with van der Waals surface area (Å²) in [6, 6.07) is 7.34. The first-order valence-corrected chi connectivity index (χ1v) is 11.4. The third kappa shape index (κ3) is 3.40. The fourth-order valence-corrected chi connectivity index (χ4v) is 6.01. The molecule has 1 unspecified atom stereocenters. The van der Waals surface area contributed by atoms with Gasteiger partial charge in [-0.25, -0.2) is 4.98 Å². The van der Waals surface area contributed by atoms with Gasteiger partial charge in [-0.2, -0.15) is 8.42 Å². The van der Waals surface area contributed by atoms with Gasteiger partial charge in [0.25, 0.3) is 10.0 Å². The van der Waals surface area contributed by atoms with Crippen LogP contribution < -0.4 is 4.31 Å². The minimum atomic E-state index is -3.74. The number of aromatic amines is 1. The number of nitrogens with zero attached hydrogens (tertiary/aromatic N) is 3. The topological polar surface area (TPSA) is 105 Å². The number of nitrogens with one attached hydrogen (secondary N) is 1. The van der Waals surface area contributed by atoms with E-state index in [0.717, 1.165) is 27.5 Å². The Kier molecular flexibility index (Phi) is 4.89. The number of anilines is 1. The highest BCUT2D eigenvalue weighted by Gasteiger charge is 2.27. The molecule has 0 amide bonds. The fourth-order valence-electron chi connectivity index (χ4n) is 2.85. The first-order valence-electron chi connectivity index (χ1n) is 8.25. The van der Waals surface area contributed by atoms with E-state index in [2.05, 4.69) is 15.0 Å². The molecule has 0 spiro atoms. The molecule has 0 saturated carbocycles. The van der Waals surface area contributed by atoms with Crippen LogP contribution in [0.5, 0.6) is 0 Å². The number of para-hydroxylation sites is 1. The first kappa shape index (κ1) is 19.0. The summed E-state index contributed by atoms with van der Waals surface area (Å²) in [6.45, 7) is 1.76. The van der Waals surface area contributed by atoms with Crippen molar-refractivity contribution in [2.24, 2.45) is 4.99 Å². The summed E-state index contributed by atoms with van der Waals surface area (Å²) in [5, 5.41) is 3.20. The van der Waals surface area contributed by atoms with E-state index in [4.69, 9.17) is 4.74 Å². The molecule has 0 radical (unpaired) electrons. The number of fused-ring (bicyclic) bond motifs is 1. The van der Waals surface area contributed by atoms with Crippen LogP contribution in [0.2, 0.25) is 0 Å². The summed E-state index contributed by atoms with van der Waals surface area (Å²) in [5.74, 6) is -0.345. The largest absolute Gasteiger partial charge is 0.449 e. The van der Waals surface area contributed by atoms with E-state index >= 15 is 0 Å². The van der Waals surface area contributed by atoms with Crippen molar-refractivity contribution >= 4 is 60.7 Å². The molecule has 1 atom stereocenters. The van der Waals surface area contributed by atoms with Gasteiger partial charge in [0.05, 0.1) is 23.4 Å². The first-order chi connectivity index (χ1) is 13.4. The van der Waals surface area contributed by atoms with Crippen LogP contribution in [-0.4, -0.2) is 48.4 Å². The Balaban J connectivity index is 1.68. The predicted molar refractivity (Wildman–Crippen MR) is 111 cm³/mol. The van der Waals surface area contributed by atoms with E-state index in [1.807, 2.05) is 12.1 Å². The van der Waals surface area contributed by atoms with Gasteiger partial charge in [0.15, 0.2) is 5.44 Å². The van der Waals surface area contributed by atoms with Crippen molar-refractivity contribution in [1.82, 2.24) is 9.97 Å². The van der Waals surface area contributed by atoms with Crippen LogP contribution in [0.25, 0.3) is 10.9 Å². The van der Waals surface area contributed by atoms with Crippen molar-refractivity contribution in [3.8, 4) is 0 Å². The molecule has 1 aromatic carbocycles. The quantitative estimate of drug-likeness (QED) is 0.617. The lowest BCUT2D eigenvalue weighted by atomic mass is 10.2. The van der Waals surface area contributed by atoms with E-state index in [1.54, 1.807) is 17.5 Å². The van der Waals surface area contributed by atoms with Crippen LogP contribution in [0.15, 0.2) is 45.2 Å². The van der Waals surface area contributed by atoms with Gasteiger partial charge >= 0.3 is 5.97 Å². The van der Waals surface area contributed by atoms with Crippen LogP contribution >= 0.6 is 23.1 Å². The fraction of sp³-hybridized carbons (Fsp3) is 0.235. The summed E-state index contributed by atoms with van der Waals surface area (Å²) in [4.78, 5) is 22.8. The van der Waals surface area contributed by atoms with Crippen molar-refractivity contribution in [2.45, 2.75) is 16.7 Å². The average molecular weight is 437 g/mol. The number of aromatic nitrogens is 2. The molecule has 1 N–H and O–H groups in total. The summed E-state index contributed by atoms with van der Waals surface area (Å²) < 4.78 is 32.1. The lowest BCUT2D eigenvalue weighted by Gasteiger charge is -2.18. The third-order valence-corrected chi connectivity index (χ3v) is 8.15. The Hall–Kier alpha value is -2.37. The molecule has 8 nitrogen and oxygen atoms in total. The molecule has 3 aromatic rings. The number of rotatable bonds is 5. The molecule has 0 fully saturated rings. The van der Waals surface area contributed by atoms with E-state index in [-0.39, 0.29) is 15.7 Å². The number of hydrogen-bond acceptors (Lipinski definition) is 8. The van der Waals surface area contributed by atoms with Gasteiger partial charge in [0.1, 0.15) is 5.04 Å². The van der Waals surface area contributed by atoms with Crippen LogP contribution in [0.3, 0.4) is 0 Å². The monoisotopic (exact) mass is 436 g/mol. The number of thiazole rings is 1. The number of benzene rings is 1. The maximum absolute atomic E-state index is 12.8. The number of aliphatic imine (C=N–C) groups is 1. The minimum Gasteiger partial charge on any atom is -0.449 e. The van der Waals surface area contributed by atoms with Crippen molar-refractivity contribution < 1.29 is 17.9 Å². The Bertz CT molecular complexity index is 1170. The second kappa shape index (κ2) is 7.22. The molecule has 1 aliphatic heterocycles. The molecule has 3 heterocycles. The van der Waals surface area contributed by atoms with Crippen LogP contribution in [0, 0.1) is 0 Å². The lowest BCUT2D eigenvalue weighted by Crippen LogP contribution is -2.26. The molecular formula is C17H16N4O4S3. The average Bonchev–Trinajstić information content (AvgIpc) is 3.39. The Morgan fingerprint density at radius 1 is 1.39 bits per heavy atom. The zero-order valence-corrected chi connectivity index (χ0v) is 17.4. The summed E-state index contributed by atoms with van der Waals surface area (Å²) in [5.41, 5.74) is 1.60. The summed E-state index contributed by atoms with van der Waals surface area (Å²) in [6.07, 6.45) is 1.47. The Morgan fingerprint density at radius 3 is 2.93 bits per heavy atom. The second-order valence-corrected chi connectivity index (χ2v) is 10.2. The highest BCUT2D eigenvalue weighted by atomic mass is 32.2. The molecule has 0 bridgehead atoms. The Morgan fingerprint density at radius 2 is 2.21 bits per heavy atom. The normalized spacial score (nSPS) is 16.9. The van der Waals surface area contributed by atoms with Crippen LogP contribution in [-0.2, 0) is 19.6 Å². The number of carbonyl (C=O) groups is 1. The van der Waals surface area contributed by atoms with Gasteiger partial charge in [-0.1, -0.05) is 23.9 Å². The zero-order valence-electron chi connectivity index (χ0n) is 14.9. The standard InChI is InChI=1S/C17H16N4O4S3/c1-10(22)25-14-9-19-16(27-14)12-8-11-4-3-5-13(15(11)20-12)21(2)28(23,24)17-18-6-7-26-17/h3-8,14,20H,9H2,1-2H3. The van der Waals surface area contributed by atoms with Crippen molar-refractivity contribution in [3.05, 3.63) is 41.5 Å². The minimum absolute atomic E-state index is 0.0405. The number of ether oxygens (including phenoxy) is 1. The smallest absolute Gasteiger partial charge is 0.303 e. The highest BCUT2D eigenvalue weighted by Crippen LogP contribution is 2.33. The molecule has 1 aliphatic rings. The van der Waals surface area contributed by atoms with Crippen molar-refractivity contribution in [3.63, 3.8) is 0 Å². The van der Waals surface area contributed by atoms with Gasteiger partial charge in [-0.3, -0.25) is 14.1 Å². The van der Waals surface area contributed by atoms with Gasteiger partial charge in [-0.05, 0) is 12.1 Å². The lowest BCUT2D eigenvalue weighted by molar-refractivity contribution is -0.141. The van der Waals surface area contributed by atoms with E-state index in [1.165, 1.54) is 36.2 Å². The van der Waals surface area contributed by atoms with E-state index in [0.29, 0.717) is 17.7 Å². The van der Waals surface area contributed by atoms with Crippen molar-refractivity contribution in [2.75, 3.05) is 17.9 Å². The molecule has 0 saturated heterocycles. The molecule has 11 heteroatoms. The van der Waals surface area contributed by atoms with Crippen LogP contribution in [0.4, 0.5) is 5.69 Å². The van der Waals surface area contributed by atoms with E-state index < -0.39 is 10.0 Å². The number of sulfonamides is 1. The van der Waals surface area contributed by atoms with Crippen molar-refractivity contribution in [1.29, 1.82) is 0 Å². The number of esters is 1. The number of carbonyl (C=O) groups excluding carboxylic acids is 1. The second-order valence-electron chi connectivity index (χ2n) is 6.00.